The Kier molecular flexibility index (Phi) is 6.51. The molecule has 0 aromatic heterocycles. The van der Waals surface area contributed by atoms with Crippen molar-refractivity contribution in [1.82, 2.24) is 5.32 Å². The first-order chi connectivity index (χ1) is 9.79. The molecule has 1 amide bonds. The number of benzene rings is 1. The van der Waals surface area contributed by atoms with Crippen LogP contribution in [0.5, 0.6) is 0 Å². The van der Waals surface area contributed by atoms with Crippen molar-refractivity contribution in [2.24, 2.45) is 0 Å². The molecular formula is C13H14ClNO5S. The maximum absolute atomic E-state index is 11.9. The zero-order valence-electron chi connectivity index (χ0n) is 11.1. The lowest BCUT2D eigenvalue weighted by Crippen LogP contribution is -2.45. The molecule has 0 saturated heterocycles. The highest BCUT2D eigenvalue weighted by molar-refractivity contribution is 8.00. The van der Waals surface area contributed by atoms with E-state index < -0.39 is 35.6 Å². The Balaban J connectivity index is 2.62. The molecule has 0 aliphatic heterocycles. The van der Waals surface area contributed by atoms with Crippen molar-refractivity contribution in [3.8, 4) is 0 Å². The molecule has 21 heavy (non-hydrogen) atoms. The molecular weight excluding hydrogens is 318 g/mol. The zero-order valence-corrected chi connectivity index (χ0v) is 12.6. The van der Waals surface area contributed by atoms with E-state index >= 15 is 0 Å². The molecule has 0 aliphatic carbocycles. The van der Waals surface area contributed by atoms with Crippen molar-refractivity contribution in [3.63, 3.8) is 0 Å². The van der Waals surface area contributed by atoms with Crippen molar-refractivity contribution in [2.45, 2.75) is 29.5 Å². The number of aliphatic carboxylic acids is 2. The van der Waals surface area contributed by atoms with Crippen LogP contribution >= 0.6 is 23.4 Å². The molecule has 3 N–H and O–H groups in total. The van der Waals surface area contributed by atoms with Gasteiger partial charge in [-0.1, -0.05) is 11.6 Å². The van der Waals surface area contributed by atoms with Crippen LogP contribution in [-0.2, 0) is 14.4 Å². The number of carboxylic acid groups (broad SMARTS) is 2. The van der Waals surface area contributed by atoms with Gasteiger partial charge in [-0.15, -0.1) is 11.8 Å². The lowest BCUT2D eigenvalue weighted by Gasteiger charge is -2.16. The van der Waals surface area contributed by atoms with E-state index in [0.29, 0.717) is 5.02 Å². The minimum Gasteiger partial charge on any atom is -0.481 e. The molecule has 0 spiro atoms. The average molecular weight is 332 g/mol. The average Bonchev–Trinajstić information content (AvgIpc) is 2.39. The highest BCUT2D eigenvalue weighted by atomic mass is 35.5. The molecule has 0 fully saturated rings. The molecule has 6 nitrogen and oxygen atoms in total. The normalized spacial score (nSPS) is 13.2. The minimum atomic E-state index is -1.44. The molecule has 0 bridgehead atoms. The second-order valence-corrected chi connectivity index (χ2v) is 6.06. The lowest BCUT2D eigenvalue weighted by atomic mass is 10.2. The van der Waals surface area contributed by atoms with E-state index in [2.05, 4.69) is 5.32 Å². The van der Waals surface area contributed by atoms with Gasteiger partial charge in [-0.3, -0.25) is 9.59 Å². The van der Waals surface area contributed by atoms with E-state index in [9.17, 15) is 14.4 Å². The van der Waals surface area contributed by atoms with Crippen molar-refractivity contribution in [1.29, 1.82) is 0 Å². The van der Waals surface area contributed by atoms with E-state index in [1.807, 2.05) is 0 Å². The summed E-state index contributed by atoms with van der Waals surface area (Å²) in [5.41, 5.74) is 0. The lowest BCUT2D eigenvalue weighted by molar-refractivity contribution is -0.147. The van der Waals surface area contributed by atoms with Crippen LogP contribution in [0.4, 0.5) is 0 Å². The Morgan fingerprint density at radius 2 is 1.81 bits per heavy atom. The predicted octanol–water partition coefficient (Wildman–Crippen LogP) is 1.86. The minimum absolute atomic E-state index is 0.538. The van der Waals surface area contributed by atoms with E-state index in [-0.39, 0.29) is 0 Å². The van der Waals surface area contributed by atoms with Gasteiger partial charge in [0.05, 0.1) is 11.7 Å². The molecule has 1 rings (SSSR count). The SMILES string of the molecule is CC(Sc1ccc(Cl)cc1)C(=O)N[C@H](CC(=O)O)C(=O)O. The van der Waals surface area contributed by atoms with Crippen LogP contribution < -0.4 is 5.32 Å². The number of nitrogens with one attached hydrogen (secondary N) is 1. The van der Waals surface area contributed by atoms with Gasteiger partial charge in [0.15, 0.2) is 0 Å². The Morgan fingerprint density at radius 1 is 1.24 bits per heavy atom. The molecule has 0 radical (unpaired) electrons. The number of carbonyl (C=O) groups is 3. The summed E-state index contributed by atoms with van der Waals surface area (Å²) in [5, 5.41) is 19.7. The summed E-state index contributed by atoms with van der Waals surface area (Å²) in [6.45, 7) is 1.61. The summed E-state index contributed by atoms with van der Waals surface area (Å²) in [6, 6.07) is 5.40. The second kappa shape index (κ2) is 7.90. The van der Waals surface area contributed by atoms with E-state index in [0.717, 1.165) is 4.90 Å². The molecule has 1 aromatic carbocycles. The van der Waals surface area contributed by atoms with Crippen LogP contribution in [0.3, 0.4) is 0 Å². The number of amides is 1. The summed E-state index contributed by atoms with van der Waals surface area (Å²) in [6.07, 6.45) is -0.667. The quantitative estimate of drug-likeness (QED) is 0.659. The molecule has 0 aliphatic rings. The van der Waals surface area contributed by atoms with Crippen molar-refractivity contribution < 1.29 is 24.6 Å². The summed E-state index contributed by atoms with van der Waals surface area (Å²) in [7, 11) is 0. The van der Waals surface area contributed by atoms with Gasteiger partial charge in [-0.25, -0.2) is 4.79 Å². The predicted molar refractivity (Wildman–Crippen MR) is 78.6 cm³/mol. The Morgan fingerprint density at radius 3 is 2.29 bits per heavy atom. The zero-order chi connectivity index (χ0) is 16.0. The van der Waals surface area contributed by atoms with Crippen molar-refractivity contribution in [2.75, 3.05) is 0 Å². The van der Waals surface area contributed by atoms with Gasteiger partial charge in [0.25, 0.3) is 0 Å². The maximum Gasteiger partial charge on any atom is 0.326 e. The second-order valence-electron chi connectivity index (χ2n) is 4.21. The third-order valence-corrected chi connectivity index (χ3v) is 3.85. The van der Waals surface area contributed by atoms with Crippen LogP contribution in [0.15, 0.2) is 29.2 Å². The molecule has 2 atom stereocenters. The Labute approximate surface area is 130 Å². The monoisotopic (exact) mass is 331 g/mol. The number of hydrogen-bond acceptors (Lipinski definition) is 4. The Hall–Kier alpha value is -1.73. The Bertz CT molecular complexity index is 534. The summed E-state index contributed by atoms with van der Waals surface area (Å²) in [4.78, 5) is 34.1. The number of halogens is 1. The standard InChI is InChI=1S/C13H14ClNO5S/c1-7(21-9-4-2-8(14)3-5-9)12(18)15-10(13(19)20)6-11(16)17/h2-5,7,10H,6H2,1H3,(H,15,18)(H,16,17)(H,19,20)/t7?,10-/m1/s1. The largest absolute Gasteiger partial charge is 0.481 e. The number of thioether (sulfide) groups is 1. The first-order valence-electron chi connectivity index (χ1n) is 5.96. The molecule has 1 unspecified atom stereocenters. The number of carboxylic acids is 2. The molecule has 1 aromatic rings. The van der Waals surface area contributed by atoms with Gasteiger partial charge in [-0.05, 0) is 31.2 Å². The van der Waals surface area contributed by atoms with Crippen molar-refractivity contribution in [3.05, 3.63) is 29.3 Å². The fourth-order valence-corrected chi connectivity index (χ4v) is 2.44. The molecule has 8 heteroatoms. The fraction of sp³-hybridized carbons (Fsp3) is 0.308. The van der Waals surface area contributed by atoms with Crippen molar-refractivity contribution >= 4 is 41.2 Å². The van der Waals surface area contributed by atoms with Crippen LogP contribution in [0.2, 0.25) is 5.02 Å². The van der Waals surface area contributed by atoms with Gasteiger partial charge in [0.1, 0.15) is 6.04 Å². The van der Waals surface area contributed by atoms with E-state index in [1.165, 1.54) is 11.8 Å². The highest BCUT2D eigenvalue weighted by Gasteiger charge is 2.25. The van der Waals surface area contributed by atoms with Gasteiger partial charge in [0.2, 0.25) is 5.91 Å². The topological polar surface area (TPSA) is 104 Å². The number of rotatable bonds is 7. The van der Waals surface area contributed by atoms with Crippen LogP contribution in [0, 0.1) is 0 Å². The van der Waals surface area contributed by atoms with Gasteiger partial charge >= 0.3 is 11.9 Å². The van der Waals surface area contributed by atoms with Crippen LogP contribution in [-0.4, -0.2) is 39.4 Å². The highest BCUT2D eigenvalue weighted by Crippen LogP contribution is 2.24. The first kappa shape index (κ1) is 17.3. The number of hydrogen-bond donors (Lipinski definition) is 3. The van der Waals surface area contributed by atoms with Gasteiger partial charge in [0, 0.05) is 9.92 Å². The molecule has 114 valence electrons. The fourth-order valence-electron chi connectivity index (χ4n) is 1.43. The summed E-state index contributed by atoms with van der Waals surface area (Å²) in [5.74, 6) is -3.21. The summed E-state index contributed by atoms with van der Waals surface area (Å²) < 4.78 is 0. The molecule has 0 saturated carbocycles. The third-order valence-electron chi connectivity index (χ3n) is 2.49. The smallest absolute Gasteiger partial charge is 0.326 e. The van der Waals surface area contributed by atoms with E-state index in [1.54, 1.807) is 31.2 Å². The van der Waals surface area contributed by atoms with Gasteiger partial charge in [-0.2, -0.15) is 0 Å². The number of carbonyl (C=O) groups excluding carboxylic acids is 1. The third kappa shape index (κ3) is 6.05. The molecule has 0 heterocycles. The van der Waals surface area contributed by atoms with Crippen LogP contribution in [0.25, 0.3) is 0 Å². The summed E-state index contributed by atoms with van der Waals surface area (Å²) >= 11 is 6.98. The maximum atomic E-state index is 11.9. The van der Waals surface area contributed by atoms with Crippen LogP contribution in [0.1, 0.15) is 13.3 Å². The van der Waals surface area contributed by atoms with E-state index in [4.69, 9.17) is 21.8 Å². The first-order valence-corrected chi connectivity index (χ1v) is 7.22. The van der Waals surface area contributed by atoms with Gasteiger partial charge < -0.3 is 15.5 Å².